The van der Waals surface area contributed by atoms with Gasteiger partial charge in [-0.25, -0.2) is 0 Å². The van der Waals surface area contributed by atoms with Crippen LogP contribution in [0.4, 0.5) is 11.4 Å². The SMILES string of the molecule is Cc1cccc(CNc2cccc(Cl)c2N(C)C)c1. The Hall–Kier alpha value is -1.67. The van der Waals surface area contributed by atoms with Crippen molar-refractivity contribution in [1.82, 2.24) is 0 Å². The van der Waals surface area contributed by atoms with Crippen molar-refractivity contribution in [3.05, 3.63) is 58.6 Å². The third kappa shape index (κ3) is 3.42. The van der Waals surface area contributed by atoms with E-state index in [9.17, 15) is 0 Å². The maximum atomic E-state index is 6.25. The number of nitrogens with one attached hydrogen (secondary N) is 1. The molecule has 0 saturated carbocycles. The van der Waals surface area contributed by atoms with Crippen molar-refractivity contribution in [3.8, 4) is 0 Å². The number of para-hydroxylation sites is 1. The molecule has 0 amide bonds. The minimum atomic E-state index is 0.763. The van der Waals surface area contributed by atoms with E-state index in [4.69, 9.17) is 11.6 Å². The fraction of sp³-hybridized carbons (Fsp3) is 0.250. The molecular formula is C16H19ClN2. The van der Waals surface area contributed by atoms with E-state index in [1.54, 1.807) is 0 Å². The third-order valence-corrected chi connectivity index (χ3v) is 3.30. The van der Waals surface area contributed by atoms with Crippen molar-refractivity contribution in [2.75, 3.05) is 24.3 Å². The van der Waals surface area contributed by atoms with Gasteiger partial charge in [0.2, 0.25) is 0 Å². The van der Waals surface area contributed by atoms with Crippen molar-refractivity contribution in [2.24, 2.45) is 0 Å². The fourth-order valence-corrected chi connectivity index (χ4v) is 2.48. The zero-order chi connectivity index (χ0) is 13.8. The Morgan fingerprint density at radius 3 is 2.53 bits per heavy atom. The normalized spacial score (nSPS) is 10.3. The van der Waals surface area contributed by atoms with Crippen LogP contribution >= 0.6 is 11.6 Å². The molecule has 0 aliphatic rings. The van der Waals surface area contributed by atoms with Crippen LogP contribution in [0.1, 0.15) is 11.1 Å². The molecular weight excluding hydrogens is 256 g/mol. The molecule has 0 heterocycles. The molecule has 0 aromatic heterocycles. The van der Waals surface area contributed by atoms with Gasteiger partial charge in [0, 0.05) is 20.6 Å². The highest BCUT2D eigenvalue weighted by atomic mass is 35.5. The first kappa shape index (κ1) is 13.8. The number of rotatable bonds is 4. The van der Waals surface area contributed by atoms with Gasteiger partial charge in [-0.3, -0.25) is 0 Å². The van der Waals surface area contributed by atoms with E-state index in [0.717, 1.165) is 22.9 Å². The molecule has 0 aliphatic carbocycles. The lowest BCUT2D eigenvalue weighted by molar-refractivity contribution is 1.10. The lowest BCUT2D eigenvalue weighted by Crippen LogP contribution is -2.12. The van der Waals surface area contributed by atoms with Crippen molar-refractivity contribution < 1.29 is 0 Å². The second kappa shape index (κ2) is 5.98. The first-order valence-electron chi connectivity index (χ1n) is 6.33. The average molecular weight is 275 g/mol. The summed E-state index contributed by atoms with van der Waals surface area (Å²) in [5, 5.41) is 4.22. The zero-order valence-electron chi connectivity index (χ0n) is 11.6. The second-order valence-electron chi connectivity index (χ2n) is 4.87. The molecule has 0 spiro atoms. The van der Waals surface area contributed by atoms with Crippen LogP contribution in [0.2, 0.25) is 5.02 Å². The third-order valence-electron chi connectivity index (χ3n) is 3.00. The topological polar surface area (TPSA) is 15.3 Å². The first-order chi connectivity index (χ1) is 9.08. The van der Waals surface area contributed by atoms with Crippen LogP contribution in [0.25, 0.3) is 0 Å². The standard InChI is InChI=1S/C16H19ClN2/c1-12-6-4-7-13(10-12)11-18-15-9-5-8-14(17)16(15)19(2)3/h4-10,18H,11H2,1-3H3. The van der Waals surface area contributed by atoms with Gasteiger partial charge in [0.15, 0.2) is 0 Å². The number of anilines is 2. The summed E-state index contributed by atoms with van der Waals surface area (Å²) in [4.78, 5) is 2.03. The first-order valence-corrected chi connectivity index (χ1v) is 6.71. The van der Waals surface area contributed by atoms with E-state index in [0.29, 0.717) is 0 Å². The van der Waals surface area contributed by atoms with E-state index in [-0.39, 0.29) is 0 Å². The minimum absolute atomic E-state index is 0.763. The largest absolute Gasteiger partial charge is 0.379 e. The van der Waals surface area contributed by atoms with E-state index < -0.39 is 0 Å². The predicted octanol–water partition coefficient (Wildman–Crippen LogP) is 4.33. The van der Waals surface area contributed by atoms with Crippen LogP contribution < -0.4 is 10.2 Å². The van der Waals surface area contributed by atoms with Gasteiger partial charge in [0.05, 0.1) is 16.4 Å². The molecule has 1 N–H and O–H groups in total. The highest BCUT2D eigenvalue weighted by molar-refractivity contribution is 6.34. The molecule has 2 rings (SSSR count). The van der Waals surface area contributed by atoms with Crippen LogP contribution in [0.15, 0.2) is 42.5 Å². The van der Waals surface area contributed by atoms with Crippen molar-refractivity contribution in [1.29, 1.82) is 0 Å². The molecule has 0 radical (unpaired) electrons. The lowest BCUT2D eigenvalue weighted by atomic mass is 10.1. The molecule has 0 saturated heterocycles. The van der Waals surface area contributed by atoms with E-state index in [1.165, 1.54) is 11.1 Å². The lowest BCUT2D eigenvalue weighted by Gasteiger charge is -2.20. The molecule has 0 unspecified atom stereocenters. The number of hydrogen-bond acceptors (Lipinski definition) is 2. The van der Waals surface area contributed by atoms with E-state index in [1.807, 2.05) is 31.1 Å². The Morgan fingerprint density at radius 2 is 1.84 bits per heavy atom. The van der Waals surface area contributed by atoms with Crippen molar-refractivity contribution in [2.45, 2.75) is 13.5 Å². The molecule has 0 bridgehead atoms. The summed E-state index contributed by atoms with van der Waals surface area (Å²) in [6, 6.07) is 14.4. The van der Waals surface area contributed by atoms with E-state index >= 15 is 0 Å². The number of nitrogens with zero attached hydrogens (tertiary/aromatic N) is 1. The number of benzene rings is 2. The summed E-state index contributed by atoms with van der Waals surface area (Å²) >= 11 is 6.25. The maximum absolute atomic E-state index is 6.25. The predicted molar refractivity (Wildman–Crippen MR) is 84.3 cm³/mol. The smallest absolute Gasteiger partial charge is 0.0786 e. The Bertz CT molecular complexity index is 564. The highest BCUT2D eigenvalue weighted by Gasteiger charge is 2.08. The highest BCUT2D eigenvalue weighted by Crippen LogP contribution is 2.32. The second-order valence-corrected chi connectivity index (χ2v) is 5.28. The van der Waals surface area contributed by atoms with Gasteiger partial charge in [0.1, 0.15) is 0 Å². The Balaban J connectivity index is 2.18. The van der Waals surface area contributed by atoms with Crippen LogP contribution in [0.3, 0.4) is 0 Å². The summed E-state index contributed by atoms with van der Waals surface area (Å²) < 4.78 is 0. The van der Waals surface area contributed by atoms with Gasteiger partial charge in [-0.15, -0.1) is 0 Å². The van der Waals surface area contributed by atoms with Crippen LogP contribution in [0, 0.1) is 6.92 Å². The van der Waals surface area contributed by atoms with Gasteiger partial charge in [-0.05, 0) is 24.6 Å². The quantitative estimate of drug-likeness (QED) is 0.893. The molecule has 100 valence electrons. The number of hydrogen-bond donors (Lipinski definition) is 1. The molecule has 0 aliphatic heterocycles. The minimum Gasteiger partial charge on any atom is -0.379 e. The summed E-state index contributed by atoms with van der Waals surface area (Å²) in [6.45, 7) is 2.90. The molecule has 2 aromatic carbocycles. The zero-order valence-corrected chi connectivity index (χ0v) is 12.3. The Kier molecular flexibility index (Phi) is 4.33. The molecule has 0 fully saturated rings. The van der Waals surface area contributed by atoms with Crippen molar-refractivity contribution >= 4 is 23.0 Å². The van der Waals surface area contributed by atoms with Crippen LogP contribution in [-0.4, -0.2) is 14.1 Å². The van der Waals surface area contributed by atoms with E-state index in [2.05, 4.69) is 42.6 Å². The summed E-state index contributed by atoms with van der Waals surface area (Å²) in [5.74, 6) is 0. The van der Waals surface area contributed by atoms with Crippen LogP contribution in [0.5, 0.6) is 0 Å². The summed E-state index contributed by atoms with van der Waals surface area (Å²) in [5.41, 5.74) is 4.62. The van der Waals surface area contributed by atoms with Gasteiger partial charge in [-0.2, -0.15) is 0 Å². The van der Waals surface area contributed by atoms with Gasteiger partial charge < -0.3 is 10.2 Å². The monoisotopic (exact) mass is 274 g/mol. The average Bonchev–Trinajstić information content (AvgIpc) is 2.36. The van der Waals surface area contributed by atoms with Crippen LogP contribution in [-0.2, 0) is 6.54 Å². The van der Waals surface area contributed by atoms with Gasteiger partial charge in [0.25, 0.3) is 0 Å². The number of aryl methyl sites for hydroxylation is 1. The molecule has 2 aromatic rings. The molecule has 2 nitrogen and oxygen atoms in total. The maximum Gasteiger partial charge on any atom is 0.0786 e. The fourth-order valence-electron chi connectivity index (χ4n) is 2.13. The van der Waals surface area contributed by atoms with Crippen molar-refractivity contribution in [3.63, 3.8) is 0 Å². The molecule has 3 heteroatoms. The molecule has 0 atom stereocenters. The Morgan fingerprint density at radius 1 is 1.11 bits per heavy atom. The summed E-state index contributed by atoms with van der Waals surface area (Å²) in [6.07, 6.45) is 0. The van der Waals surface area contributed by atoms with Gasteiger partial charge in [-0.1, -0.05) is 47.5 Å². The molecule has 19 heavy (non-hydrogen) atoms. The Labute approximate surface area is 120 Å². The van der Waals surface area contributed by atoms with Gasteiger partial charge >= 0.3 is 0 Å². The number of halogens is 1. The summed E-state index contributed by atoms with van der Waals surface area (Å²) in [7, 11) is 4.00.